The molecule has 1 fully saturated rings. The van der Waals surface area contributed by atoms with E-state index in [1.54, 1.807) is 18.3 Å². The van der Waals surface area contributed by atoms with Gasteiger partial charge in [0.1, 0.15) is 0 Å². The van der Waals surface area contributed by atoms with Crippen molar-refractivity contribution in [1.29, 1.82) is 0 Å². The Labute approximate surface area is 119 Å². The molecule has 6 nitrogen and oxygen atoms in total. The van der Waals surface area contributed by atoms with Gasteiger partial charge in [-0.2, -0.15) is 12.7 Å². The second kappa shape index (κ2) is 7.01. The highest BCUT2D eigenvalue weighted by molar-refractivity contribution is 7.87. The number of nitrogens with one attached hydrogen (secondary N) is 1. The molecular weight excluding hydrogens is 278 g/mol. The van der Waals surface area contributed by atoms with E-state index in [9.17, 15) is 13.2 Å². The molecule has 1 aliphatic rings. The fourth-order valence-corrected chi connectivity index (χ4v) is 3.58. The Morgan fingerprint density at radius 3 is 2.45 bits per heavy atom. The fraction of sp³-hybridized carbons (Fsp3) is 0.615. The Kier molecular flexibility index (Phi) is 5.33. The maximum Gasteiger partial charge on any atom is 0.279 e. The van der Waals surface area contributed by atoms with E-state index in [1.807, 2.05) is 0 Å². The summed E-state index contributed by atoms with van der Waals surface area (Å²) < 4.78 is 29.9. The van der Waals surface area contributed by atoms with E-state index in [-0.39, 0.29) is 12.1 Å². The van der Waals surface area contributed by atoms with E-state index in [0.29, 0.717) is 19.6 Å². The number of rotatable bonds is 5. The number of nitrogens with zero attached hydrogens (tertiary/aromatic N) is 2. The Bertz CT molecular complexity index is 575. The third-order valence-electron chi connectivity index (χ3n) is 3.44. The summed E-state index contributed by atoms with van der Waals surface area (Å²) in [5, 5.41) is 0. The minimum atomic E-state index is -3.42. The lowest BCUT2D eigenvalue weighted by molar-refractivity contribution is 0.413. The molecule has 0 saturated carbocycles. The van der Waals surface area contributed by atoms with Gasteiger partial charge in [0.15, 0.2) is 0 Å². The van der Waals surface area contributed by atoms with Crippen LogP contribution in [0.4, 0.5) is 0 Å². The molecule has 0 aliphatic carbocycles. The molecule has 0 radical (unpaired) electrons. The average Bonchev–Trinajstić information content (AvgIpc) is 2.70. The quantitative estimate of drug-likeness (QED) is 0.863. The molecule has 1 aromatic heterocycles. The lowest BCUT2D eigenvalue weighted by Gasteiger charge is -2.20. The minimum Gasteiger partial charge on any atom is -0.314 e. The Morgan fingerprint density at radius 1 is 1.10 bits per heavy atom. The smallest absolute Gasteiger partial charge is 0.279 e. The van der Waals surface area contributed by atoms with Gasteiger partial charge in [-0.1, -0.05) is 18.9 Å². The van der Waals surface area contributed by atoms with Crippen molar-refractivity contribution >= 4 is 10.2 Å². The van der Waals surface area contributed by atoms with Crippen molar-refractivity contribution in [1.82, 2.24) is 13.6 Å². The van der Waals surface area contributed by atoms with E-state index >= 15 is 0 Å². The first-order chi connectivity index (χ1) is 9.59. The van der Waals surface area contributed by atoms with Gasteiger partial charge in [0.25, 0.3) is 15.8 Å². The number of aromatic nitrogens is 1. The Balaban J connectivity index is 1.89. The summed E-state index contributed by atoms with van der Waals surface area (Å²) in [6.07, 6.45) is 5.66. The van der Waals surface area contributed by atoms with E-state index in [0.717, 1.165) is 25.7 Å². The lowest BCUT2D eigenvalue weighted by atomic mass is 10.2. The maximum absolute atomic E-state index is 12.1. The van der Waals surface area contributed by atoms with Gasteiger partial charge in [-0.05, 0) is 18.9 Å². The van der Waals surface area contributed by atoms with Gasteiger partial charge in [0.2, 0.25) is 0 Å². The van der Waals surface area contributed by atoms with Crippen molar-refractivity contribution in [3.63, 3.8) is 0 Å². The van der Waals surface area contributed by atoms with Crippen LogP contribution in [0.5, 0.6) is 0 Å². The third-order valence-corrected chi connectivity index (χ3v) is 5.06. The molecule has 0 atom stereocenters. The van der Waals surface area contributed by atoms with Crippen LogP contribution in [0.2, 0.25) is 0 Å². The van der Waals surface area contributed by atoms with E-state index in [1.165, 1.54) is 14.9 Å². The van der Waals surface area contributed by atoms with Gasteiger partial charge in [0, 0.05) is 38.4 Å². The highest BCUT2D eigenvalue weighted by Crippen LogP contribution is 2.12. The number of hydrogen-bond donors (Lipinski definition) is 1. The third kappa shape index (κ3) is 4.16. The number of hydrogen-bond acceptors (Lipinski definition) is 3. The summed E-state index contributed by atoms with van der Waals surface area (Å²) in [5.74, 6) is 0. The van der Waals surface area contributed by atoms with Crippen LogP contribution in [0, 0.1) is 0 Å². The van der Waals surface area contributed by atoms with Crippen molar-refractivity contribution in [3.8, 4) is 0 Å². The lowest BCUT2D eigenvalue weighted by Crippen LogP contribution is -2.42. The van der Waals surface area contributed by atoms with Crippen LogP contribution in [0.25, 0.3) is 0 Å². The van der Waals surface area contributed by atoms with E-state index in [4.69, 9.17) is 0 Å². The molecule has 1 aromatic rings. The first kappa shape index (κ1) is 15.2. The second-order valence-electron chi connectivity index (χ2n) is 4.94. The Hall–Kier alpha value is -1.18. The van der Waals surface area contributed by atoms with Gasteiger partial charge < -0.3 is 4.57 Å². The predicted molar refractivity (Wildman–Crippen MR) is 77.7 cm³/mol. The van der Waals surface area contributed by atoms with Crippen LogP contribution in [0.1, 0.15) is 25.7 Å². The standard InChI is InChI=1S/C13H21N3O3S/c17-13-7-3-6-9-15(13)12-8-14-20(18,19)16-10-4-1-2-5-11-16/h3,6-7,9,14H,1-2,4-5,8,10-12H2. The molecule has 7 heteroatoms. The van der Waals surface area contributed by atoms with E-state index in [2.05, 4.69) is 4.72 Å². The van der Waals surface area contributed by atoms with E-state index < -0.39 is 10.2 Å². The summed E-state index contributed by atoms with van der Waals surface area (Å²) in [4.78, 5) is 11.5. The fourth-order valence-electron chi connectivity index (χ4n) is 2.31. The molecule has 20 heavy (non-hydrogen) atoms. The van der Waals surface area contributed by atoms with Crippen LogP contribution in [-0.4, -0.2) is 36.9 Å². The molecule has 2 heterocycles. The van der Waals surface area contributed by atoms with Crippen molar-refractivity contribution < 1.29 is 8.42 Å². The van der Waals surface area contributed by atoms with Crippen LogP contribution in [-0.2, 0) is 16.8 Å². The highest BCUT2D eigenvalue weighted by Gasteiger charge is 2.21. The van der Waals surface area contributed by atoms with Gasteiger partial charge >= 0.3 is 0 Å². The van der Waals surface area contributed by atoms with Crippen LogP contribution in [0.3, 0.4) is 0 Å². The topological polar surface area (TPSA) is 71.4 Å². The van der Waals surface area contributed by atoms with Crippen LogP contribution >= 0.6 is 0 Å². The van der Waals surface area contributed by atoms with Gasteiger partial charge in [-0.3, -0.25) is 4.79 Å². The van der Waals surface area contributed by atoms with Crippen molar-refractivity contribution in [3.05, 3.63) is 34.7 Å². The molecule has 0 spiro atoms. The average molecular weight is 299 g/mol. The van der Waals surface area contributed by atoms with Gasteiger partial charge in [-0.15, -0.1) is 0 Å². The summed E-state index contributed by atoms with van der Waals surface area (Å²) in [6.45, 7) is 1.73. The molecule has 1 aliphatic heterocycles. The summed E-state index contributed by atoms with van der Waals surface area (Å²) in [7, 11) is -3.42. The monoisotopic (exact) mass is 299 g/mol. The molecular formula is C13H21N3O3S. The SMILES string of the molecule is O=c1ccccn1CCNS(=O)(=O)N1CCCCCC1. The Morgan fingerprint density at radius 2 is 1.80 bits per heavy atom. The minimum absolute atomic E-state index is 0.124. The molecule has 1 N–H and O–H groups in total. The maximum atomic E-state index is 12.1. The molecule has 1 saturated heterocycles. The first-order valence-electron chi connectivity index (χ1n) is 7.00. The second-order valence-corrected chi connectivity index (χ2v) is 6.70. The zero-order valence-corrected chi connectivity index (χ0v) is 12.3. The number of pyridine rings is 1. The highest BCUT2D eigenvalue weighted by atomic mass is 32.2. The zero-order chi connectivity index (χ0) is 14.4. The van der Waals surface area contributed by atoms with Crippen molar-refractivity contribution in [2.45, 2.75) is 32.2 Å². The molecule has 0 unspecified atom stereocenters. The van der Waals surface area contributed by atoms with Crippen LogP contribution < -0.4 is 10.3 Å². The molecule has 0 amide bonds. The molecule has 2 rings (SSSR count). The molecule has 0 aromatic carbocycles. The van der Waals surface area contributed by atoms with Gasteiger partial charge in [0.05, 0.1) is 0 Å². The molecule has 112 valence electrons. The zero-order valence-electron chi connectivity index (χ0n) is 11.5. The molecule has 0 bridgehead atoms. The van der Waals surface area contributed by atoms with Crippen molar-refractivity contribution in [2.75, 3.05) is 19.6 Å². The largest absolute Gasteiger partial charge is 0.314 e. The normalized spacial score (nSPS) is 17.8. The summed E-state index contributed by atoms with van der Waals surface area (Å²) in [6, 6.07) is 4.88. The summed E-state index contributed by atoms with van der Waals surface area (Å²) in [5.41, 5.74) is -0.124. The predicted octanol–water partition coefficient (Wildman–Crippen LogP) is 0.559. The van der Waals surface area contributed by atoms with Gasteiger partial charge in [-0.25, -0.2) is 4.72 Å². The first-order valence-corrected chi connectivity index (χ1v) is 8.44. The van der Waals surface area contributed by atoms with Crippen LogP contribution in [0.15, 0.2) is 29.2 Å². The van der Waals surface area contributed by atoms with Crippen molar-refractivity contribution in [2.24, 2.45) is 0 Å². The summed E-state index contributed by atoms with van der Waals surface area (Å²) >= 11 is 0.